The van der Waals surface area contributed by atoms with Crippen molar-refractivity contribution < 1.29 is 14.3 Å². The second kappa shape index (κ2) is 3.98. The maximum Gasteiger partial charge on any atom is 0.333 e. The second-order valence-corrected chi connectivity index (χ2v) is 4.47. The van der Waals surface area contributed by atoms with Gasteiger partial charge in [-0.1, -0.05) is 0 Å². The Morgan fingerprint density at radius 1 is 1.53 bits per heavy atom. The number of methoxy groups -OCH3 is 1. The van der Waals surface area contributed by atoms with Gasteiger partial charge in [-0.3, -0.25) is 4.79 Å². The van der Waals surface area contributed by atoms with Gasteiger partial charge in [-0.05, 0) is 30.5 Å². The van der Waals surface area contributed by atoms with Crippen molar-refractivity contribution in [2.75, 3.05) is 7.11 Å². The van der Waals surface area contributed by atoms with E-state index in [-0.39, 0.29) is 5.97 Å². The lowest BCUT2D eigenvalue weighted by molar-refractivity contribution is -0.136. The zero-order valence-electron chi connectivity index (χ0n) is 8.28. The van der Waals surface area contributed by atoms with Crippen molar-refractivity contribution in [2.45, 2.75) is 12.8 Å². The van der Waals surface area contributed by atoms with Gasteiger partial charge < -0.3 is 4.74 Å². The summed E-state index contributed by atoms with van der Waals surface area (Å²) in [5, 5.41) is 0. The van der Waals surface area contributed by atoms with E-state index in [1.807, 2.05) is 12.1 Å². The second-order valence-electron chi connectivity index (χ2n) is 3.31. The first-order chi connectivity index (χ1) is 7.24. The number of hydrogen-bond donors (Lipinski definition) is 0. The van der Waals surface area contributed by atoms with Gasteiger partial charge in [0.2, 0.25) is 0 Å². The first-order valence-corrected chi connectivity index (χ1v) is 5.43. The fourth-order valence-electron chi connectivity index (χ4n) is 1.64. The highest BCUT2D eigenvalue weighted by Crippen LogP contribution is 2.30. The van der Waals surface area contributed by atoms with Crippen LogP contribution in [0.5, 0.6) is 0 Å². The van der Waals surface area contributed by atoms with E-state index < -0.39 is 0 Å². The smallest absolute Gasteiger partial charge is 0.333 e. The van der Waals surface area contributed by atoms with Crippen LogP contribution in [-0.4, -0.2) is 19.4 Å². The molecule has 3 nitrogen and oxygen atoms in total. The molecule has 15 heavy (non-hydrogen) atoms. The van der Waals surface area contributed by atoms with Crippen molar-refractivity contribution in [2.24, 2.45) is 0 Å². The van der Waals surface area contributed by atoms with Crippen LogP contribution in [0.4, 0.5) is 0 Å². The van der Waals surface area contributed by atoms with Gasteiger partial charge in [0.05, 0.1) is 12.0 Å². The van der Waals surface area contributed by atoms with Crippen LogP contribution in [-0.2, 0) is 16.0 Å². The third kappa shape index (κ3) is 1.85. The molecule has 0 unspecified atom stereocenters. The van der Waals surface area contributed by atoms with Gasteiger partial charge in [-0.2, -0.15) is 0 Å². The van der Waals surface area contributed by atoms with Crippen molar-refractivity contribution in [3.05, 3.63) is 27.0 Å². The molecule has 0 aromatic carbocycles. The van der Waals surface area contributed by atoms with Crippen LogP contribution in [0, 0.1) is 0 Å². The SMILES string of the molecule is COC(=O)C1=Cc2cc(C=O)sc2CC1. The summed E-state index contributed by atoms with van der Waals surface area (Å²) in [7, 11) is 1.38. The molecule has 2 rings (SSSR count). The van der Waals surface area contributed by atoms with Gasteiger partial charge in [0.1, 0.15) is 0 Å². The normalized spacial score (nSPS) is 14.1. The van der Waals surface area contributed by atoms with Crippen LogP contribution in [0.15, 0.2) is 11.6 Å². The molecular formula is C11H10O3S. The lowest BCUT2D eigenvalue weighted by Crippen LogP contribution is -2.08. The monoisotopic (exact) mass is 222 g/mol. The average Bonchev–Trinajstić information content (AvgIpc) is 2.69. The predicted octanol–water partition coefficient (Wildman–Crippen LogP) is 2.06. The van der Waals surface area contributed by atoms with Gasteiger partial charge in [0.25, 0.3) is 0 Å². The largest absolute Gasteiger partial charge is 0.466 e. The number of aryl methyl sites for hydroxylation is 1. The summed E-state index contributed by atoms with van der Waals surface area (Å²) in [5.41, 5.74) is 1.66. The number of esters is 1. The van der Waals surface area contributed by atoms with Crippen molar-refractivity contribution >= 4 is 29.7 Å². The zero-order valence-corrected chi connectivity index (χ0v) is 9.10. The van der Waals surface area contributed by atoms with Crippen molar-refractivity contribution in [1.29, 1.82) is 0 Å². The number of carbonyl (C=O) groups is 2. The van der Waals surface area contributed by atoms with E-state index in [1.165, 1.54) is 23.3 Å². The fourth-order valence-corrected chi connectivity index (χ4v) is 2.60. The summed E-state index contributed by atoms with van der Waals surface area (Å²) < 4.78 is 4.66. The molecule has 0 amide bonds. The minimum atomic E-state index is -0.278. The summed E-state index contributed by atoms with van der Waals surface area (Å²) in [6.45, 7) is 0. The van der Waals surface area contributed by atoms with Crippen molar-refractivity contribution in [3.8, 4) is 0 Å². The predicted molar refractivity (Wildman–Crippen MR) is 58.0 cm³/mol. The average molecular weight is 222 g/mol. The van der Waals surface area contributed by atoms with E-state index in [0.29, 0.717) is 16.9 Å². The van der Waals surface area contributed by atoms with E-state index in [4.69, 9.17) is 0 Å². The molecule has 78 valence electrons. The van der Waals surface area contributed by atoms with Crippen LogP contribution < -0.4 is 0 Å². The van der Waals surface area contributed by atoms with Gasteiger partial charge in [0, 0.05) is 10.5 Å². The van der Waals surface area contributed by atoms with Crippen LogP contribution in [0.1, 0.15) is 26.5 Å². The van der Waals surface area contributed by atoms with E-state index in [1.54, 1.807) is 0 Å². The van der Waals surface area contributed by atoms with Crippen molar-refractivity contribution in [1.82, 2.24) is 0 Å². The first kappa shape index (κ1) is 10.1. The van der Waals surface area contributed by atoms with Crippen LogP contribution in [0.2, 0.25) is 0 Å². The standard InChI is InChI=1S/C11H10O3S/c1-14-11(13)7-2-3-10-8(4-7)5-9(6-12)15-10/h4-6H,2-3H2,1H3. The molecule has 0 saturated carbocycles. The lowest BCUT2D eigenvalue weighted by atomic mass is 9.99. The molecule has 0 N–H and O–H groups in total. The van der Waals surface area contributed by atoms with Crippen LogP contribution >= 0.6 is 11.3 Å². The Bertz CT molecular complexity index is 443. The molecule has 0 bridgehead atoms. The van der Waals surface area contributed by atoms with Crippen LogP contribution in [0.25, 0.3) is 6.08 Å². The highest BCUT2D eigenvalue weighted by Gasteiger charge is 2.18. The number of thiophene rings is 1. The minimum absolute atomic E-state index is 0.278. The number of ether oxygens (including phenoxy) is 1. The van der Waals surface area contributed by atoms with Gasteiger partial charge >= 0.3 is 5.97 Å². The molecule has 0 spiro atoms. The first-order valence-electron chi connectivity index (χ1n) is 4.61. The Labute approximate surface area is 91.4 Å². The summed E-state index contributed by atoms with van der Waals surface area (Å²) in [5.74, 6) is -0.278. The number of hydrogen-bond acceptors (Lipinski definition) is 4. The Hall–Kier alpha value is -1.42. The van der Waals surface area contributed by atoms with E-state index in [2.05, 4.69) is 4.74 Å². The number of carbonyl (C=O) groups excluding carboxylic acids is 2. The molecular weight excluding hydrogens is 212 g/mol. The molecule has 4 heteroatoms. The quantitative estimate of drug-likeness (QED) is 0.568. The highest BCUT2D eigenvalue weighted by molar-refractivity contribution is 7.13. The van der Waals surface area contributed by atoms with Crippen LogP contribution in [0.3, 0.4) is 0 Å². The summed E-state index contributed by atoms with van der Waals surface area (Å²) in [4.78, 5) is 23.8. The van der Waals surface area contributed by atoms with Gasteiger partial charge in [0.15, 0.2) is 6.29 Å². The Kier molecular flexibility index (Phi) is 2.68. The molecule has 1 aromatic heterocycles. The Balaban J connectivity index is 2.35. The summed E-state index contributed by atoms with van der Waals surface area (Å²) in [6.07, 6.45) is 4.16. The molecule has 0 atom stereocenters. The van der Waals surface area contributed by atoms with Gasteiger partial charge in [-0.25, -0.2) is 4.79 Å². The fraction of sp³-hybridized carbons (Fsp3) is 0.273. The number of fused-ring (bicyclic) bond motifs is 1. The highest BCUT2D eigenvalue weighted by atomic mass is 32.1. The van der Waals surface area contributed by atoms with Crippen molar-refractivity contribution in [3.63, 3.8) is 0 Å². The number of aldehydes is 1. The summed E-state index contributed by atoms with van der Waals surface area (Å²) in [6, 6.07) is 1.81. The Morgan fingerprint density at radius 3 is 3.00 bits per heavy atom. The molecule has 1 aliphatic carbocycles. The third-order valence-electron chi connectivity index (χ3n) is 2.38. The third-order valence-corrected chi connectivity index (χ3v) is 3.51. The molecule has 0 saturated heterocycles. The molecule has 1 aromatic rings. The number of rotatable bonds is 2. The maximum atomic E-state index is 11.3. The minimum Gasteiger partial charge on any atom is -0.466 e. The molecule has 0 fully saturated rings. The molecule has 0 radical (unpaired) electrons. The topological polar surface area (TPSA) is 43.4 Å². The van der Waals surface area contributed by atoms with E-state index in [9.17, 15) is 9.59 Å². The van der Waals surface area contributed by atoms with Gasteiger partial charge in [-0.15, -0.1) is 11.3 Å². The molecule has 1 aliphatic rings. The maximum absolute atomic E-state index is 11.3. The molecule has 0 aliphatic heterocycles. The lowest BCUT2D eigenvalue weighted by Gasteiger charge is -2.10. The Morgan fingerprint density at radius 2 is 2.33 bits per heavy atom. The van der Waals surface area contributed by atoms with E-state index >= 15 is 0 Å². The summed E-state index contributed by atoms with van der Waals surface area (Å²) >= 11 is 1.49. The zero-order chi connectivity index (χ0) is 10.8. The van der Waals surface area contributed by atoms with E-state index in [0.717, 1.165) is 18.3 Å². The molecule has 1 heterocycles.